The number of carbonyl (C=O) groups excluding carboxylic acids is 1. The lowest BCUT2D eigenvalue weighted by atomic mass is 9.81. The predicted molar refractivity (Wildman–Crippen MR) is 106 cm³/mol. The third kappa shape index (κ3) is 3.10. The maximum absolute atomic E-state index is 11.6. The molecular formula is C20H24N6O3. The van der Waals surface area contributed by atoms with Gasteiger partial charge in [-0.15, -0.1) is 0 Å². The zero-order valence-corrected chi connectivity index (χ0v) is 16.6. The Bertz CT molecular complexity index is 1060. The van der Waals surface area contributed by atoms with Crippen LogP contribution in [-0.4, -0.2) is 51.5 Å². The van der Waals surface area contributed by atoms with Crippen LogP contribution >= 0.6 is 0 Å². The van der Waals surface area contributed by atoms with E-state index in [9.17, 15) is 4.79 Å². The molecule has 2 unspecified atom stereocenters. The van der Waals surface area contributed by atoms with Crippen molar-refractivity contribution in [2.24, 2.45) is 5.92 Å². The summed E-state index contributed by atoms with van der Waals surface area (Å²) >= 11 is 0. The fourth-order valence-corrected chi connectivity index (χ4v) is 4.46. The minimum atomic E-state index is -0.358. The number of hydrogen-bond donors (Lipinski definition) is 1. The fourth-order valence-electron chi connectivity index (χ4n) is 4.46. The number of fused-ring (bicyclic) bond motifs is 1. The molecule has 0 bridgehead atoms. The van der Waals surface area contributed by atoms with Gasteiger partial charge in [-0.3, -0.25) is 0 Å². The van der Waals surface area contributed by atoms with E-state index in [2.05, 4.69) is 38.7 Å². The molecule has 2 atom stereocenters. The number of carbonyl (C=O) groups is 1. The van der Waals surface area contributed by atoms with Gasteiger partial charge in [0.15, 0.2) is 0 Å². The number of piperidine rings is 1. The van der Waals surface area contributed by atoms with Crippen molar-refractivity contribution in [2.75, 3.05) is 24.6 Å². The molecule has 9 heteroatoms. The van der Waals surface area contributed by atoms with Gasteiger partial charge in [0.1, 0.15) is 24.5 Å². The van der Waals surface area contributed by atoms with Crippen LogP contribution in [0, 0.1) is 12.8 Å². The first-order valence-corrected chi connectivity index (χ1v) is 9.96. The molecule has 2 aliphatic rings. The van der Waals surface area contributed by atoms with Crippen molar-refractivity contribution in [1.82, 2.24) is 25.5 Å². The second-order valence-corrected chi connectivity index (χ2v) is 8.19. The third-order valence-corrected chi connectivity index (χ3v) is 6.24. The van der Waals surface area contributed by atoms with Gasteiger partial charge in [-0.05, 0) is 43.2 Å². The van der Waals surface area contributed by atoms with E-state index in [1.54, 1.807) is 4.68 Å². The first kappa shape index (κ1) is 18.0. The van der Waals surface area contributed by atoms with Crippen LogP contribution in [0.1, 0.15) is 31.1 Å². The van der Waals surface area contributed by atoms with E-state index in [-0.39, 0.29) is 17.6 Å². The Labute approximate surface area is 168 Å². The van der Waals surface area contributed by atoms with E-state index >= 15 is 0 Å². The molecule has 2 aliphatic heterocycles. The number of aryl methyl sites for hydroxylation is 1. The number of rotatable bonds is 4. The second-order valence-electron chi connectivity index (χ2n) is 8.19. The Morgan fingerprint density at radius 2 is 2.21 bits per heavy atom. The molecule has 0 spiro atoms. The number of nitrogens with one attached hydrogen (secondary N) is 1. The fraction of sp³-hybridized carbons (Fsp3) is 0.500. The van der Waals surface area contributed by atoms with Gasteiger partial charge in [-0.25, -0.2) is 9.48 Å². The second kappa shape index (κ2) is 6.75. The normalized spacial score (nSPS) is 24.7. The van der Waals surface area contributed by atoms with Crippen molar-refractivity contribution in [3.05, 3.63) is 35.6 Å². The highest BCUT2D eigenvalue weighted by Crippen LogP contribution is 2.32. The number of amides is 1. The molecule has 0 aliphatic carbocycles. The zero-order valence-electron chi connectivity index (χ0n) is 16.6. The molecule has 2 saturated heterocycles. The number of ether oxygens (including phenoxy) is 1. The monoisotopic (exact) mass is 396 g/mol. The first-order valence-electron chi connectivity index (χ1n) is 9.96. The van der Waals surface area contributed by atoms with Gasteiger partial charge in [0.25, 0.3) is 0 Å². The van der Waals surface area contributed by atoms with E-state index in [4.69, 9.17) is 9.15 Å². The van der Waals surface area contributed by atoms with Crippen molar-refractivity contribution in [3.63, 3.8) is 0 Å². The maximum atomic E-state index is 11.6. The van der Waals surface area contributed by atoms with E-state index in [1.807, 2.05) is 25.1 Å². The molecule has 2 aromatic heterocycles. The Kier molecular flexibility index (Phi) is 4.18. The third-order valence-electron chi connectivity index (χ3n) is 6.24. The largest absolute Gasteiger partial charge is 0.459 e. The molecule has 1 aromatic carbocycles. The van der Waals surface area contributed by atoms with Crippen LogP contribution in [-0.2, 0) is 11.3 Å². The van der Waals surface area contributed by atoms with E-state index in [0.717, 1.165) is 54.2 Å². The van der Waals surface area contributed by atoms with E-state index < -0.39 is 0 Å². The number of benzene rings is 1. The topological polar surface area (TPSA) is 98.3 Å². The number of alkyl carbamates (subject to hydrolysis) is 1. The number of furan rings is 1. The number of nitrogens with zero attached hydrogens (tertiary/aromatic N) is 5. The minimum absolute atomic E-state index is 0.265. The number of para-hydroxylation sites is 1. The van der Waals surface area contributed by atoms with Gasteiger partial charge in [-0.1, -0.05) is 23.3 Å². The number of hydrogen-bond acceptors (Lipinski definition) is 7. The summed E-state index contributed by atoms with van der Waals surface area (Å²) < 4.78 is 13.0. The van der Waals surface area contributed by atoms with Gasteiger partial charge in [0.2, 0.25) is 5.95 Å². The average Bonchev–Trinajstić information content (AvgIpc) is 3.42. The highest BCUT2D eigenvalue weighted by Gasteiger charge is 2.44. The Morgan fingerprint density at radius 1 is 1.34 bits per heavy atom. The maximum Gasteiger partial charge on any atom is 0.407 e. The zero-order chi connectivity index (χ0) is 20.0. The van der Waals surface area contributed by atoms with Crippen molar-refractivity contribution < 1.29 is 13.9 Å². The summed E-state index contributed by atoms with van der Waals surface area (Å²) in [6, 6.07) is 8.01. The Balaban J connectivity index is 1.38. The lowest BCUT2D eigenvalue weighted by molar-refractivity contribution is 0.159. The smallest absolute Gasteiger partial charge is 0.407 e. The van der Waals surface area contributed by atoms with Gasteiger partial charge in [0, 0.05) is 30.0 Å². The molecule has 2 fully saturated rings. The van der Waals surface area contributed by atoms with Crippen LogP contribution in [0.25, 0.3) is 11.0 Å². The number of tetrazole rings is 1. The summed E-state index contributed by atoms with van der Waals surface area (Å²) in [6.45, 7) is 6.62. The molecule has 1 amide bonds. The lowest BCUT2D eigenvalue weighted by Crippen LogP contribution is -2.54. The summed E-state index contributed by atoms with van der Waals surface area (Å²) in [7, 11) is 0. The minimum Gasteiger partial charge on any atom is -0.459 e. The van der Waals surface area contributed by atoms with E-state index in [0.29, 0.717) is 13.2 Å². The van der Waals surface area contributed by atoms with Gasteiger partial charge in [-0.2, -0.15) is 0 Å². The molecule has 29 heavy (non-hydrogen) atoms. The van der Waals surface area contributed by atoms with Crippen LogP contribution in [0.2, 0.25) is 0 Å². The standard InChI is InChI=1S/C20H24N6O3/c1-13-15-7-3-4-8-16(15)29-17(13)11-26-18(22-23-24-26)25-9-5-6-14(10-25)20(2)12-28-19(27)21-20/h3-4,7-8,14H,5-6,9-12H2,1-2H3,(H,21,27). The van der Waals surface area contributed by atoms with Gasteiger partial charge in [0.05, 0.1) is 5.54 Å². The predicted octanol–water partition coefficient (Wildman–Crippen LogP) is 2.49. The highest BCUT2D eigenvalue weighted by atomic mass is 16.6. The SMILES string of the molecule is Cc1c(Cn2nnnc2N2CCCC(C3(C)COC(=O)N3)C2)oc2ccccc12. The Morgan fingerprint density at radius 3 is 3.00 bits per heavy atom. The number of aromatic nitrogens is 4. The van der Waals surface area contributed by atoms with Crippen LogP contribution in [0.3, 0.4) is 0 Å². The summed E-state index contributed by atoms with van der Waals surface area (Å²) in [5.74, 6) is 1.85. The summed E-state index contributed by atoms with van der Waals surface area (Å²) in [4.78, 5) is 13.8. The molecule has 9 nitrogen and oxygen atoms in total. The number of cyclic esters (lactones) is 1. The Hall–Kier alpha value is -3.10. The summed E-state index contributed by atoms with van der Waals surface area (Å²) in [5.41, 5.74) is 1.62. The molecule has 4 heterocycles. The van der Waals surface area contributed by atoms with Crippen molar-refractivity contribution >= 4 is 23.0 Å². The molecule has 3 aromatic rings. The van der Waals surface area contributed by atoms with Gasteiger partial charge >= 0.3 is 6.09 Å². The molecule has 152 valence electrons. The first-order chi connectivity index (χ1) is 14.0. The van der Waals surface area contributed by atoms with Crippen LogP contribution in [0.5, 0.6) is 0 Å². The molecular weight excluding hydrogens is 372 g/mol. The van der Waals surface area contributed by atoms with Crippen LogP contribution < -0.4 is 10.2 Å². The average molecular weight is 396 g/mol. The van der Waals surface area contributed by atoms with Crippen molar-refractivity contribution in [2.45, 2.75) is 38.8 Å². The molecule has 5 rings (SSSR count). The van der Waals surface area contributed by atoms with Crippen molar-refractivity contribution in [1.29, 1.82) is 0 Å². The summed E-state index contributed by atoms with van der Waals surface area (Å²) in [6.07, 6.45) is 1.70. The van der Waals surface area contributed by atoms with Crippen LogP contribution in [0.4, 0.5) is 10.7 Å². The molecule has 0 saturated carbocycles. The quantitative estimate of drug-likeness (QED) is 0.723. The van der Waals surface area contributed by atoms with Crippen LogP contribution in [0.15, 0.2) is 28.7 Å². The molecule has 0 radical (unpaired) electrons. The molecule has 1 N–H and O–H groups in total. The number of anilines is 1. The highest BCUT2D eigenvalue weighted by molar-refractivity contribution is 5.81. The van der Waals surface area contributed by atoms with Crippen molar-refractivity contribution in [3.8, 4) is 0 Å². The lowest BCUT2D eigenvalue weighted by Gasteiger charge is -2.40. The summed E-state index contributed by atoms with van der Waals surface area (Å²) in [5, 5.41) is 16.5. The van der Waals surface area contributed by atoms with E-state index in [1.165, 1.54) is 0 Å². The van der Waals surface area contributed by atoms with Gasteiger partial charge < -0.3 is 19.4 Å².